The normalized spacial score (nSPS) is 17.0. The SMILES string of the molecule is CCOc1ccc(CNCCCN2CCN(C)CC2)cc1. The molecule has 1 aromatic rings. The van der Waals surface area contributed by atoms with Gasteiger partial charge < -0.3 is 19.9 Å². The summed E-state index contributed by atoms with van der Waals surface area (Å²) < 4.78 is 5.45. The van der Waals surface area contributed by atoms with Crippen LogP contribution in [0.2, 0.25) is 0 Å². The zero-order valence-electron chi connectivity index (χ0n) is 13.5. The lowest BCUT2D eigenvalue weighted by atomic mass is 10.2. The van der Waals surface area contributed by atoms with Crippen LogP contribution >= 0.6 is 0 Å². The number of likely N-dealkylation sites (N-methyl/N-ethyl adjacent to an activating group) is 1. The number of nitrogens with one attached hydrogen (secondary N) is 1. The van der Waals surface area contributed by atoms with E-state index >= 15 is 0 Å². The lowest BCUT2D eigenvalue weighted by molar-refractivity contribution is 0.153. The summed E-state index contributed by atoms with van der Waals surface area (Å²) in [5.41, 5.74) is 1.32. The maximum absolute atomic E-state index is 5.45. The van der Waals surface area contributed by atoms with Gasteiger partial charge in [-0.05, 0) is 51.2 Å². The fraction of sp³-hybridized carbons (Fsp3) is 0.647. The number of piperazine rings is 1. The summed E-state index contributed by atoms with van der Waals surface area (Å²) >= 11 is 0. The Labute approximate surface area is 129 Å². The Morgan fingerprint density at radius 3 is 2.48 bits per heavy atom. The highest BCUT2D eigenvalue weighted by Gasteiger charge is 2.12. The molecule has 0 atom stereocenters. The van der Waals surface area contributed by atoms with Crippen LogP contribution in [0.5, 0.6) is 5.75 Å². The van der Waals surface area contributed by atoms with E-state index in [-0.39, 0.29) is 0 Å². The maximum atomic E-state index is 5.45. The van der Waals surface area contributed by atoms with Crippen molar-refractivity contribution in [2.75, 3.05) is 52.9 Å². The second kappa shape index (κ2) is 9.03. The Balaban J connectivity index is 1.55. The first-order chi connectivity index (χ1) is 10.3. The highest BCUT2D eigenvalue weighted by molar-refractivity contribution is 5.27. The summed E-state index contributed by atoms with van der Waals surface area (Å²) in [5.74, 6) is 0.955. The van der Waals surface area contributed by atoms with Gasteiger partial charge in [-0.3, -0.25) is 0 Å². The van der Waals surface area contributed by atoms with E-state index in [9.17, 15) is 0 Å². The molecule has 0 aliphatic carbocycles. The molecule has 0 bridgehead atoms. The molecule has 1 fully saturated rings. The van der Waals surface area contributed by atoms with Crippen LogP contribution in [-0.4, -0.2) is 62.7 Å². The summed E-state index contributed by atoms with van der Waals surface area (Å²) in [6, 6.07) is 8.37. The van der Waals surface area contributed by atoms with E-state index in [1.165, 1.54) is 44.7 Å². The fourth-order valence-electron chi connectivity index (χ4n) is 2.60. The van der Waals surface area contributed by atoms with Crippen LogP contribution in [0.15, 0.2) is 24.3 Å². The zero-order valence-corrected chi connectivity index (χ0v) is 13.5. The summed E-state index contributed by atoms with van der Waals surface area (Å²) in [5, 5.41) is 3.52. The molecule has 0 saturated carbocycles. The molecule has 0 aromatic heterocycles. The summed E-state index contributed by atoms with van der Waals surface area (Å²) in [6.45, 7) is 10.8. The lowest BCUT2D eigenvalue weighted by Crippen LogP contribution is -2.45. The fourth-order valence-corrected chi connectivity index (χ4v) is 2.60. The van der Waals surface area contributed by atoms with Gasteiger partial charge in [0, 0.05) is 32.7 Å². The van der Waals surface area contributed by atoms with Crippen molar-refractivity contribution < 1.29 is 4.74 Å². The topological polar surface area (TPSA) is 27.7 Å². The third-order valence-electron chi connectivity index (χ3n) is 3.99. The van der Waals surface area contributed by atoms with Gasteiger partial charge in [0.2, 0.25) is 0 Å². The number of hydrogen-bond donors (Lipinski definition) is 1. The van der Waals surface area contributed by atoms with Crippen molar-refractivity contribution in [2.24, 2.45) is 0 Å². The van der Waals surface area contributed by atoms with E-state index in [1.54, 1.807) is 0 Å². The minimum atomic E-state index is 0.726. The van der Waals surface area contributed by atoms with Crippen LogP contribution < -0.4 is 10.1 Å². The van der Waals surface area contributed by atoms with Gasteiger partial charge >= 0.3 is 0 Å². The number of rotatable bonds is 8. The molecule has 0 radical (unpaired) electrons. The van der Waals surface area contributed by atoms with Crippen molar-refractivity contribution in [3.8, 4) is 5.75 Å². The van der Waals surface area contributed by atoms with Crippen LogP contribution in [0.1, 0.15) is 18.9 Å². The highest BCUT2D eigenvalue weighted by atomic mass is 16.5. The summed E-state index contributed by atoms with van der Waals surface area (Å²) in [6.07, 6.45) is 1.22. The first-order valence-electron chi connectivity index (χ1n) is 8.11. The molecular weight excluding hydrogens is 262 g/mol. The maximum Gasteiger partial charge on any atom is 0.119 e. The van der Waals surface area contributed by atoms with Crippen LogP contribution in [0, 0.1) is 0 Å². The van der Waals surface area contributed by atoms with Gasteiger partial charge in [0.15, 0.2) is 0 Å². The van der Waals surface area contributed by atoms with Gasteiger partial charge in [-0.25, -0.2) is 0 Å². The monoisotopic (exact) mass is 291 g/mol. The van der Waals surface area contributed by atoms with Gasteiger partial charge in [-0.2, -0.15) is 0 Å². The molecule has 1 saturated heterocycles. The molecule has 1 aliphatic heterocycles. The van der Waals surface area contributed by atoms with E-state index in [0.717, 1.165) is 25.4 Å². The number of benzene rings is 1. The van der Waals surface area contributed by atoms with Gasteiger partial charge in [0.25, 0.3) is 0 Å². The number of hydrogen-bond acceptors (Lipinski definition) is 4. The van der Waals surface area contributed by atoms with Crippen LogP contribution in [0.4, 0.5) is 0 Å². The predicted molar refractivity (Wildman–Crippen MR) is 87.9 cm³/mol. The molecule has 2 rings (SSSR count). The molecule has 1 aromatic carbocycles. The summed E-state index contributed by atoms with van der Waals surface area (Å²) in [4.78, 5) is 4.97. The molecule has 0 unspecified atom stereocenters. The Bertz CT molecular complexity index is 386. The van der Waals surface area contributed by atoms with E-state index in [0.29, 0.717) is 0 Å². The first kappa shape index (κ1) is 16.3. The van der Waals surface area contributed by atoms with Crippen LogP contribution in [0.25, 0.3) is 0 Å². The minimum Gasteiger partial charge on any atom is -0.494 e. The third kappa shape index (κ3) is 6.04. The Morgan fingerprint density at radius 1 is 1.10 bits per heavy atom. The van der Waals surface area contributed by atoms with Crippen LogP contribution in [0.3, 0.4) is 0 Å². The Morgan fingerprint density at radius 2 is 1.81 bits per heavy atom. The third-order valence-corrected chi connectivity index (χ3v) is 3.99. The molecule has 4 heteroatoms. The summed E-state index contributed by atoms with van der Waals surface area (Å²) in [7, 11) is 2.20. The van der Waals surface area contributed by atoms with E-state index in [4.69, 9.17) is 4.74 Å². The van der Waals surface area contributed by atoms with Crippen molar-refractivity contribution in [3.63, 3.8) is 0 Å². The Kier molecular flexibility index (Phi) is 7.00. The first-order valence-corrected chi connectivity index (χ1v) is 8.11. The number of nitrogens with zero attached hydrogens (tertiary/aromatic N) is 2. The van der Waals surface area contributed by atoms with Crippen LogP contribution in [-0.2, 0) is 6.54 Å². The van der Waals surface area contributed by atoms with Crippen molar-refractivity contribution >= 4 is 0 Å². The molecule has 21 heavy (non-hydrogen) atoms. The van der Waals surface area contributed by atoms with E-state index in [1.807, 2.05) is 19.1 Å². The largest absolute Gasteiger partial charge is 0.494 e. The second-order valence-electron chi connectivity index (χ2n) is 5.75. The van der Waals surface area contributed by atoms with E-state index in [2.05, 4.69) is 34.3 Å². The lowest BCUT2D eigenvalue weighted by Gasteiger charge is -2.32. The zero-order chi connectivity index (χ0) is 14.9. The van der Waals surface area contributed by atoms with Gasteiger partial charge in [-0.1, -0.05) is 12.1 Å². The van der Waals surface area contributed by atoms with Crippen molar-refractivity contribution in [2.45, 2.75) is 19.9 Å². The standard InChI is InChI=1S/C17H29N3O/c1-3-21-17-7-5-16(6-8-17)15-18-9-4-10-20-13-11-19(2)12-14-20/h5-8,18H,3-4,9-15H2,1-2H3. The smallest absolute Gasteiger partial charge is 0.119 e. The molecule has 1 heterocycles. The van der Waals surface area contributed by atoms with Gasteiger partial charge in [0.05, 0.1) is 6.61 Å². The van der Waals surface area contributed by atoms with Crippen molar-refractivity contribution in [3.05, 3.63) is 29.8 Å². The Hall–Kier alpha value is -1.10. The minimum absolute atomic E-state index is 0.726. The van der Waals surface area contributed by atoms with E-state index < -0.39 is 0 Å². The average Bonchev–Trinajstić information content (AvgIpc) is 2.51. The average molecular weight is 291 g/mol. The predicted octanol–water partition coefficient (Wildman–Crippen LogP) is 1.81. The molecule has 4 nitrogen and oxygen atoms in total. The molecule has 0 spiro atoms. The molecule has 1 aliphatic rings. The highest BCUT2D eigenvalue weighted by Crippen LogP contribution is 2.11. The molecule has 118 valence electrons. The number of ether oxygens (including phenoxy) is 1. The molecule has 1 N–H and O–H groups in total. The molecular formula is C17H29N3O. The molecule has 0 amide bonds. The van der Waals surface area contributed by atoms with Crippen molar-refractivity contribution in [1.82, 2.24) is 15.1 Å². The van der Waals surface area contributed by atoms with Crippen molar-refractivity contribution in [1.29, 1.82) is 0 Å². The van der Waals surface area contributed by atoms with Gasteiger partial charge in [0.1, 0.15) is 5.75 Å². The second-order valence-corrected chi connectivity index (χ2v) is 5.75. The quantitative estimate of drug-likeness (QED) is 0.739. The van der Waals surface area contributed by atoms with Gasteiger partial charge in [-0.15, -0.1) is 0 Å².